The van der Waals surface area contributed by atoms with Gasteiger partial charge in [0.1, 0.15) is 5.75 Å². The molecule has 40 heavy (non-hydrogen) atoms. The Balaban J connectivity index is 1.78. The van der Waals surface area contributed by atoms with Crippen molar-refractivity contribution in [1.82, 2.24) is 4.90 Å². The lowest BCUT2D eigenvalue weighted by Gasteiger charge is -2.31. The normalized spacial score (nSPS) is 14.4. The number of fused-ring (bicyclic) bond motifs is 1. The SMILES string of the molecule is CCCCOC(=O)CC(CC(=O)OCCCC)CN(Cc1ccccc1)C(=O)CC1CCCc2cc(O)ccc21. The largest absolute Gasteiger partial charge is 0.508 e. The number of phenolic OH excluding ortho intramolecular Hbond substituents is 1. The third kappa shape index (κ3) is 10.3. The molecule has 1 aliphatic rings. The second-order valence-electron chi connectivity index (χ2n) is 10.9. The molecular formula is C33H45NO6. The molecule has 0 radical (unpaired) electrons. The highest BCUT2D eigenvalue weighted by Crippen LogP contribution is 2.36. The average Bonchev–Trinajstić information content (AvgIpc) is 2.93. The van der Waals surface area contributed by atoms with E-state index in [-0.39, 0.29) is 48.9 Å². The number of hydrogen-bond acceptors (Lipinski definition) is 6. The van der Waals surface area contributed by atoms with Gasteiger partial charge in [-0.2, -0.15) is 0 Å². The van der Waals surface area contributed by atoms with Crippen molar-refractivity contribution in [3.63, 3.8) is 0 Å². The van der Waals surface area contributed by atoms with Crippen LogP contribution in [-0.4, -0.2) is 47.6 Å². The van der Waals surface area contributed by atoms with E-state index in [2.05, 4.69) is 0 Å². The highest BCUT2D eigenvalue weighted by molar-refractivity contribution is 5.78. The number of rotatable bonds is 16. The summed E-state index contributed by atoms with van der Waals surface area (Å²) in [5, 5.41) is 9.94. The Morgan fingerprint density at radius 2 is 1.60 bits per heavy atom. The van der Waals surface area contributed by atoms with E-state index >= 15 is 0 Å². The quantitative estimate of drug-likeness (QED) is 0.194. The molecule has 1 aliphatic carbocycles. The van der Waals surface area contributed by atoms with Gasteiger partial charge in [0, 0.05) is 19.5 Å². The summed E-state index contributed by atoms with van der Waals surface area (Å²) in [5.74, 6) is -0.826. The van der Waals surface area contributed by atoms with E-state index in [1.54, 1.807) is 17.0 Å². The fourth-order valence-electron chi connectivity index (χ4n) is 5.27. The van der Waals surface area contributed by atoms with Gasteiger partial charge in [-0.05, 0) is 72.8 Å². The zero-order chi connectivity index (χ0) is 28.7. The van der Waals surface area contributed by atoms with Gasteiger partial charge in [0.2, 0.25) is 5.91 Å². The maximum absolute atomic E-state index is 13.9. The predicted octanol–water partition coefficient (Wildman–Crippen LogP) is 6.31. The molecule has 1 atom stereocenters. The molecule has 0 aromatic heterocycles. The van der Waals surface area contributed by atoms with Crippen LogP contribution in [0.25, 0.3) is 0 Å². The smallest absolute Gasteiger partial charge is 0.306 e. The van der Waals surface area contributed by atoms with E-state index in [1.165, 1.54) is 0 Å². The summed E-state index contributed by atoms with van der Waals surface area (Å²) in [6.45, 7) is 5.42. The molecule has 0 aliphatic heterocycles. The minimum atomic E-state index is -0.411. The number of phenols is 1. The molecule has 0 heterocycles. The van der Waals surface area contributed by atoms with Crippen LogP contribution >= 0.6 is 0 Å². The lowest BCUT2D eigenvalue weighted by atomic mass is 9.80. The van der Waals surface area contributed by atoms with Crippen molar-refractivity contribution in [2.45, 2.75) is 90.5 Å². The van der Waals surface area contributed by atoms with Crippen molar-refractivity contribution in [1.29, 1.82) is 0 Å². The van der Waals surface area contributed by atoms with Crippen LogP contribution in [0.15, 0.2) is 48.5 Å². The molecule has 218 valence electrons. The van der Waals surface area contributed by atoms with Crippen LogP contribution in [0.4, 0.5) is 0 Å². The van der Waals surface area contributed by atoms with Crippen molar-refractivity contribution in [3.8, 4) is 5.75 Å². The Labute approximate surface area is 238 Å². The maximum atomic E-state index is 13.9. The number of unbranched alkanes of at least 4 members (excludes halogenated alkanes) is 2. The first-order chi connectivity index (χ1) is 19.4. The molecule has 7 heteroatoms. The first kappa shape index (κ1) is 31.2. The minimum Gasteiger partial charge on any atom is -0.508 e. The molecular weight excluding hydrogens is 506 g/mol. The number of carbonyl (C=O) groups excluding carboxylic acids is 3. The number of nitrogens with zero attached hydrogens (tertiary/aromatic N) is 1. The summed E-state index contributed by atoms with van der Waals surface area (Å²) >= 11 is 0. The predicted molar refractivity (Wildman–Crippen MR) is 155 cm³/mol. The molecule has 1 N–H and O–H groups in total. The van der Waals surface area contributed by atoms with Gasteiger partial charge < -0.3 is 19.5 Å². The average molecular weight is 552 g/mol. The minimum absolute atomic E-state index is 0.0153. The van der Waals surface area contributed by atoms with Crippen LogP contribution in [-0.2, 0) is 36.8 Å². The Hall–Kier alpha value is -3.35. The van der Waals surface area contributed by atoms with Gasteiger partial charge in [-0.15, -0.1) is 0 Å². The second kappa shape index (κ2) is 16.7. The molecule has 0 saturated carbocycles. The summed E-state index contributed by atoms with van der Waals surface area (Å²) in [7, 11) is 0. The van der Waals surface area contributed by atoms with Gasteiger partial charge >= 0.3 is 11.9 Å². The Morgan fingerprint density at radius 1 is 0.950 bits per heavy atom. The summed E-state index contributed by atoms with van der Waals surface area (Å²) < 4.78 is 10.8. The number of esters is 2. The van der Waals surface area contributed by atoms with E-state index in [9.17, 15) is 19.5 Å². The molecule has 0 fully saturated rings. The number of aryl methyl sites for hydroxylation is 1. The standard InChI is InChI=1S/C33H45NO6/c1-3-5-17-39-32(37)19-26(20-33(38)40-18-6-4-2)24-34(23-25-11-8-7-9-12-25)31(36)22-28-14-10-13-27-21-29(35)15-16-30(27)28/h7-9,11-12,15-16,21,26,28,35H,3-6,10,13-14,17-20,22-24H2,1-2H3. The summed E-state index contributed by atoms with van der Waals surface area (Å²) in [6.07, 6.45) is 6.61. The number of amides is 1. The van der Waals surface area contributed by atoms with Crippen molar-refractivity contribution in [2.75, 3.05) is 19.8 Å². The lowest BCUT2D eigenvalue weighted by Crippen LogP contribution is -2.37. The van der Waals surface area contributed by atoms with Crippen LogP contribution in [0.3, 0.4) is 0 Å². The van der Waals surface area contributed by atoms with E-state index in [4.69, 9.17) is 9.47 Å². The molecule has 1 amide bonds. The third-order valence-electron chi connectivity index (χ3n) is 7.47. The van der Waals surface area contributed by atoms with Crippen LogP contribution in [0.2, 0.25) is 0 Å². The molecule has 3 rings (SSSR count). The highest BCUT2D eigenvalue weighted by Gasteiger charge is 2.29. The molecule has 0 saturated heterocycles. The van der Waals surface area contributed by atoms with Crippen LogP contribution < -0.4 is 0 Å². The molecule has 0 bridgehead atoms. The number of ether oxygens (including phenoxy) is 2. The molecule has 0 spiro atoms. The van der Waals surface area contributed by atoms with Crippen molar-refractivity contribution in [2.24, 2.45) is 5.92 Å². The number of aromatic hydroxyl groups is 1. The van der Waals surface area contributed by atoms with E-state index in [1.807, 2.05) is 50.2 Å². The fraction of sp³-hybridized carbons (Fsp3) is 0.545. The maximum Gasteiger partial charge on any atom is 0.306 e. The van der Waals surface area contributed by atoms with E-state index in [0.29, 0.717) is 26.2 Å². The van der Waals surface area contributed by atoms with Gasteiger partial charge in [0.05, 0.1) is 26.1 Å². The van der Waals surface area contributed by atoms with Crippen molar-refractivity contribution in [3.05, 3.63) is 65.2 Å². The fourth-order valence-corrected chi connectivity index (χ4v) is 5.27. The van der Waals surface area contributed by atoms with Crippen LogP contribution in [0, 0.1) is 5.92 Å². The number of carbonyl (C=O) groups is 3. The van der Waals surface area contributed by atoms with E-state index < -0.39 is 5.92 Å². The monoisotopic (exact) mass is 551 g/mol. The zero-order valence-corrected chi connectivity index (χ0v) is 24.1. The summed E-state index contributed by atoms with van der Waals surface area (Å²) in [6, 6.07) is 15.2. The summed E-state index contributed by atoms with van der Waals surface area (Å²) in [4.78, 5) is 41.0. The number of benzene rings is 2. The van der Waals surface area contributed by atoms with Crippen LogP contribution in [0.1, 0.15) is 94.2 Å². The van der Waals surface area contributed by atoms with Gasteiger partial charge in [-0.1, -0.05) is 63.1 Å². The third-order valence-corrected chi connectivity index (χ3v) is 7.47. The zero-order valence-electron chi connectivity index (χ0n) is 24.1. The van der Waals surface area contributed by atoms with Gasteiger partial charge in [-0.3, -0.25) is 14.4 Å². The molecule has 2 aromatic carbocycles. The summed E-state index contributed by atoms with van der Waals surface area (Å²) in [5.41, 5.74) is 3.20. The van der Waals surface area contributed by atoms with Gasteiger partial charge in [-0.25, -0.2) is 0 Å². The van der Waals surface area contributed by atoms with Crippen molar-refractivity contribution >= 4 is 17.8 Å². The van der Waals surface area contributed by atoms with Crippen LogP contribution in [0.5, 0.6) is 5.75 Å². The first-order valence-electron chi connectivity index (χ1n) is 14.8. The molecule has 1 unspecified atom stereocenters. The Kier molecular flexibility index (Phi) is 13.0. The van der Waals surface area contributed by atoms with E-state index in [0.717, 1.165) is 61.6 Å². The van der Waals surface area contributed by atoms with Crippen molar-refractivity contribution < 1.29 is 29.0 Å². The Bertz CT molecular complexity index is 1060. The van der Waals surface area contributed by atoms with Gasteiger partial charge in [0.15, 0.2) is 0 Å². The molecule has 2 aromatic rings. The topological polar surface area (TPSA) is 93.1 Å². The Morgan fingerprint density at radius 3 is 2.23 bits per heavy atom. The van der Waals surface area contributed by atoms with Gasteiger partial charge in [0.25, 0.3) is 0 Å². The lowest BCUT2D eigenvalue weighted by molar-refractivity contribution is -0.149. The first-order valence-corrected chi connectivity index (χ1v) is 14.8. The highest BCUT2D eigenvalue weighted by atomic mass is 16.5. The second-order valence-corrected chi connectivity index (χ2v) is 10.9. The number of hydrogen-bond donors (Lipinski definition) is 1. The molecule has 7 nitrogen and oxygen atoms in total.